The fraction of sp³-hybridized carbons (Fsp3) is 0.345. The molecule has 8 nitrogen and oxygen atoms in total. The molecule has 5 saturated carbocycles. The maximum atomic E-state index is 15.5. The molecule has 11 atom stereocenters. The number of hydrogen-bond donors (Lipinski definition) is 2. The van der Waals surface area contributed by atoms with Gasteiger partial charge in [-0.2, -0.15) is 0 Å². The van der Waals surface area contributed by atoms with Gasteiger partial charge < -0.3 is 29.1 Å². The number of benzene rings is 6. The molecule has 6 aliphatic rings. The second-order valence-corrected chi connectivity index (χ2v) is 20.5. The van der Waals surface area contributed by atoms with Gasteiger partial charge in [-0.1, -0.05) is 55.0 Å². The summed E-state index contributed by atoms with van der Waals surface area (Å²) in [5.74, 6) is 4.76. The Labute approximate surface area is 383 Å². The summed E-state index contributed by atoms with van der Waals surface area (Å²) < 4.78 is 17.9. The standard InChI is InChI=1S/C58H53N3O5/c1-64-33-16-22-48-51(28-33)66-52-29-34(65-2)17-23-49(52)61(48)50-13-7-10-37-53-38(58(63)55(37)50)18-19-39-56(53)54-40(31-15-21-47-42(25-31)36-9-4-6-12-45(36)60-47)26-32(27-43(54)57(39)62)30-14-20-46-41(24-30)35-8-3-5-11-44(35)59-46/h3-6,8-9,11-12,14-17,20-25,28-29,32,37-40,43,50,53-56,59-60H,7,10,13,18-19,26-27H2,1-2H3. The van der Waals surface area contributed by atoms with Gasteiger partial charge in [0.2, 0.25) is 0 Å². The molecule has 0 saturated heterocycles. The van der Waals surface area contributed by atoms with Crippen LogP contribution in [0.4, 0.5) is 11.4 Å². The van der Waals surface area contributed by atoms with E-state index >= 15 is 9.59 Å². The van der Waals surface area contributed by atoms with Gasteiger partial charge in [0.1, 0.15) is 23.1 Å². The van der Waals surface area contributed by atoms with Gasteiger partial charge in [-0.15, -0.1) is 0 Å². The Hall–Kier alpha value is -6.54. The van der Waals surface area contributed by atoms with Crippen LogP contribution in [-0.2, 0) is 9.59 Å². The highest BCUT2D eigenvalue weighted by Crippen LogP contribution is 2.67. The maximum Gasteiger partial charge on any atom is 0.154 e. The predicted molar refractivity (Wildman–Crippen MR) is 259 cm³/mol. The van der Waals surface area contributed by atoms with Crippen LogP contribution >= 0.6 is 0 Å². The molecular weight excluding hydrogens is 819 g/mol. The van der Waals surface area contributed by atoms with Crippen molar-refractivity contribution in [3.05, 3.63) is 132 Å². The highest BCUT2D eigenvalue weighted by atomic mass is 16.5. The summed E-state index contributed by atoms with van der Waals surface area (Å²) in [6.07, 6.45) is 6.45. The van der Waals surface area contributed by atoms with E-state index in [-0.39, 0.29) is 65.2 Å². The van der Waals surface area contributed by atoms with Gasteiger partial charge in [-0.05, 0) is 146 Å². The number of methoxy groups -OCH3 is 2. The zero-order valence-corrected chi connectivity index (χ0v) is 37.3. The van der Waals surface area contributed by atoms with E-state index in [1.54, 1.807) is 14.2 Å². The molecule has 8 aromatic rings. The average Bonchev–Trinajstić information content (AvgIpc) is 4.09. The molecule has 0 amide bonds. The lowest BCUT2D eigenvalue weighted by molar-refractivity contribution is -0.129. The van der Waals surface area contributed by atoms with Gasteiger partial charge >= 0.3 is 0 Å². The zero-order valence-electron chi connectivity index (χ0n) is 37.3. The molecule has 2 aromatic heterocycles. The lowest BCUT2D eigenvalue weighted by atomic mass is 9.56. The van der Waals surface area contributed by atoms with Gasteiger partial charge in [0, 0.05) is 85.5 Å². The van der Waals surface area contributed by atoms with E-state index in [0.29, 0.717) is 11.6 Å². The second-order valence-electron chi connectivity index (χ2n) is 20.5. The van der Waals surface area contributed by atoms with Crippen LogP contribution in [0.15, 0.2) is 121 Å². The number of aromatic nitrogens is 2. The number of carbonyl (C=O) groups is 2. The van der Waals surface area contributed by atoms with Gasteiger partial charge in [0.05, 0.1) is 25.6 Å². The molecule has 0 bridgehead atoms. The molecule has 0 radical (unpaired) electrons. The molecule has 3 heterocycles. The van der Waals surface area contributed by atoms with Crippen molar-refractivity contribution in [2.45, 2.75) is 62.8 Å². The number of para-hydroxylation sites is 2. The minimum atomic E-state index is -0.134. The molecule has 2 N–H and O–H groups in total. The van der Waals surface area contributed by atoms with E-state index in [1.165, 1.54) is 32.7 Å². The minimum Gasteiger partial charge on any atom is -0.497 e. The number of carbonyl (C=O) groups excluding carboxylic acids is 2. The number of nitrogens with one attached hydrogen (secondary N) is 2. The van der Waals surface area contributed by atoms with Crippen LogP contribution in [0.1, 0.15) is 67.9 Å². The number of ketones is 2. The van der Waals surface area contributed by atoms with E-state index < -0.39 is 0 Å². The van der Waals surface area contributed by atoms with Crippen LogP contribution in [0, 0.1) is 47.3 Å². The summed E-state index contributed by atoms with van der Waals surface area (Å²) in [7, 11) is 3.36. The summed E-state index contributed by atoms with van der Waals surface area (Å²) in [6.45, 7) is 0. The van der Waals surface area contributed by atoms with Crippen LogP contribution in [-0.4, -0.2) is 41.8 Å². The van der Waals surface area contributed by atoms with E-state index in [4.69, 9.17) is 14.2 Å². The van der Waals surface area contributed by atoms with Crippen LogP contribution in [0.5, 0.6) is 23.0 Å². The normalized spacial score (nSPS) is 29.8. The molecule has 5 aliphatic carbocycles. The third-order valence-electron chi connectivity index (χ3n) is 17.8. The van der Waals surface area contributed by atoms with Crippen molar-refractivity contribution >= 4 is 66.6 Å². The number of aromatic amines is 2. The van der Waals surface area contributed by atoms with E-state index in [0.717, 1.165) is 101 Å². The van der Waals surface area contributed by atoms with Crippen molar-refractivity contribution in [3.63, 3.8) is 0 Å². The first-order chi connectivity index (χ1) is 32.4. The number of hydrogen-bond acceptors (Lipinski definition) is 6. The van der Waals surface area contributed by atoms with Crippen LogP contribution in [0.2, 0.25) is 0 Å². The highest BCUT2D eigenvalue weighted by molar-refractivity contribution is 6.08. The third kappa shape index (κ3) is 5.50. The summed E-state index contributed by atoms with van der Waals surface area (Å²) in [4.78, 5) is 40.6. The van der Waals surface area contributed by atoms with Crippen molar-refractivity contribution < 1.29 is 23.8 Å². The Morgan fingerprint density at radius 3 is 1.76 bits per heavy atom. The molecule has 6 aromatic carbocycles. The number of rotatable bonds is 5. The van der Waals surface area contributed by atoms with Gasteiger partial charge in [0.15, 0.2) is 11.5 Å². The fourth-order valence-electron chi connectivity index (χ4n) is 15.3. The molecule has 0 spiro atoms. The molecule has 1 aliphatic heterocycles. The lowest BCUT2D eigenvalue weighted by Gasteiger charge is -2.48. The van der Waals surface area contributed by atoms with Crippen LogP contribution in [0.3, 0.4) is 0 Å². The Bertz CT molecular complexity index is 3260. The summed E-state index contributed by atoms with van der Waals surface area (Å²) in [6, 6.07) is 43.4. The Balaban J connectivity index is 0.880. The molecule has 14 rings (SSSR count). The first-order valence-electron chi connectivity index (χ1n) is 24.4. The van der Waals surface area contributed by atoms with Crippen molar-refractivity contribution in [1.29, 1.82) is 0 Å². The fourth-order valence-corrected chi connectivity index (χ4v) is 15.3. The first-order valence-corrected chi connectivity index (χ1v) is 24.4. The first kappa shape index (κ1) is 38.7. The lowest BCUT2D eigenvalue weighted by Crippen LogP contribution is -2.46. The number of anilines is 2. The van der Waals surface area contributed by atoms with Crippen LogP contribution < -0.4 is 19.1 Å². The molecule has 66 heavy (non-hydrogen) atoms. The number of nitrogens with zero attached hydrogens (tertiary/aromatic N) is 1. The van der Waals surface area contributed by atoms with Gasteiger partial charge in [-0.25, -0.2) is 0 Å². The van der Waals surface area contributed by atoms with Crippen molar-refractivity contribution in [2.75, 3.05) is 19.1 Å². The van der Waals surface area contributed by atoms with Crippen molar-refractivity contribution in [1.82, 2.24) is 9.97 Å². The number of Topliss-reactive ketones (excluding diaryl/α,β-unsaturated/α-hetero) is 2. The molecule has 5 fully saturated rings. The molecule has 11 unspecified atom stereocenters. The Morgan fingerprint density at radius 2 is 1.11 bits per heavy atom. The largest absolute Gasteiger partial charge is 0.497 e. The van der Waals surface area contributed by atoms with Crippen molar-refractivity contribution in [3.8, 4) is 23.0 Å². The topological polar surface area (TPSA) is 96.6 Å². The number of ether oxygens (including phenoxy) is 3. The smallest absolute Gasteiger partial charge is 0.154 e. The second kappa shape index (κ2) is 14.5. The molecular formula is C58H53N3O5. The zero-order chi connectivity index (χ0) is 43.9. The average molecular weight is 872 g/mol. The van der Waals surface area contributed by atoms with Gasteiger partial charge in [0.25, 0.3) is 0 Å². The number of fused-ring (bicyclic) bond motifs is 15. The number of H-pyrrole nitrogens is 2. The quantitative estimate of drug-likeness (QED) is 0.179. The summed E-state index contributed by atoms with van der Waals surface area (Å²) in [5, 5.41) is 4.98. The SMILES string of the molecule is COc1ccc2c(c1)Oc1cc(OC)ccc1N2C1CCCC2C1C(=O)C1CCC3C(=O)C4CC(c5ccc6[nH]c7ccccc7c6c5)CC(c5ccc6[nH]c7ccccc7c6c5)C4C3C12. The van der Waals surface area contributed by atoms with Crippen LogP contribution in [0.25, 0.3) is 43.6 Å². The molecule has 8 heteroatoms. The van der Waals surface area contributed by atoms with Crippen molar-refractivity contribution in [2.24, 2.45) is 47.3 Å². The Kier molecular flexibility index (Phi) is 8.49. The summed E-state index contributed by atoms with van der Waals surface area (Å²) >= 11 is 0. The van der Waals surface area contributed by atoms with Gasteiger partial charge in [-0.3, -0.25) is 9.59 Å². The molecule has 330 valence electrons. The monoisotopic (exact) mass is 871 g/mol. The highest BCUT2D eigenvalue weighted by Gasteiger charge is 2.66. The van der Waals surface area contributed by atoms with E-state index in [2.05, 4.69) is 112 Å². The summed E-state index contributed by atoms with van der Waals surface area (Å²) in [5.41, 5.74) is 9.20. The van der Waals surface area contributed by atoms with E-state index in [9.17, 15) is 0 Å². The predicted octanol–water partition coefficient (Wildman–Crippen LogP) is 13.0. The minimum absolute atomic E-state index is 0.00730. The van der Waals surface area contributed by atoms with E-state index in [1.807, 2.05) is 24.3 Å². The third-order valence-corrected chi connectivity index (χ3v) is 17.8. The maximum absolute atomic E-state index is 15.5. The Morgan fingerprint density at radius 1 is 0.530 bits per heavy atom.